The van der Waals surface area contributed by atoms with Gasteiger partial charge in [-0.15, -0.1) is 0 Å². The Morgan fingerprint density at radius 1 is 1.19 bits per heavy atom. The number of hydrogen-bond donors (Lipinski definition) is 2. The first-order valence-corrected chi connectivity index (χ1v) is 7.98. The largest absolute Gasteiger partial charge is 0.495 e. The van der Waals surface area contributed by atoms with Crippen LogP contribution in [-0.4, -0.2) is 15.5 Å². The van der Waals surface area contributed by atoms with Crippen LogP contribution in [0.1, 0.15) is 5.56 Å². The second kappa shape index (κ2) is 6.34. The average Bonchev–Trinajstić information content (AvgIpc) is 2.49. The first kappa shape index (κ1) is 15.6. The van der Waals surface area contributed by atoms with E-state index in [9.17, 15) is 8.42 Å². The highest BCUT2D eigenvalue weighted by Crippen LogP contribution is 2.28. The van der Waals surface area contributed by atoms with E-state index < -0.39 is 10.0 Å². The Bertz CT molecular complexity index is 730. The molecule has 0 spiro atoms. The van der Waals surface area contributed by atoms with Crippen molar-refractivity contribution in [3.05, 3.63) is 53.1 Å². The maximum atomic E-state index is 12.3. The predicted octanol–water partition coefficient (Wildman–Crippen LogP) is 2.61. The van der Waals surface area contributed by atoms with Crippen LogP contribution in [0.15, 0.2) is 47.4 Å². The minimum atomic E-state index is -3.67. The Balaban J connectivity index is 2.28. The summed E-state index contributed by atoms with van der Waals surface area (Å²) >= 11 is 5.90. The molecule has 112 valence electrons. The van der Waals surface area contributed by atoms with Crippen LogP contribution in [0, 0.1) is 0 Å². The summed E-state index contributed by atoms with van der Waals surface area (Å²) in [6, 6.07) is 11.0. The van der Waals surface area contributed by atoms with Gasteiger partial charge in [-0.3, -0.25) is 4.72 Å². The summed E-state index contributed by atoms with van der Waals surface area (Å²) in [6.45, 7) is 0.363. The lowest BCUT2D eigenvalue weighted by molar-refractivity contribution is 0.415. The highest BCUT2D eigenvalue weighted by Gasteiger charge is 2.14. The Labute approximate surface area is 128 Å². The van der Waals surface area contributed by atoms with Gasteiger partial charge in [-0.25, -0.2) is 8.42 Å². The summed E-state index contributed by atoms with van der Waals surface area (Å²) in [7, 11) is -2.20. The minimum absolute atomic E-state index is 0.161. The molecule has 0 fully saturated rings. The molecule has 2 rings (SSSR count). The highest BCUT2D eigenvalue weighted by molar-refractivity contribution is 7.92. The smallest absolute Gasteiger partial charge is 0.261 e. The molecule has 0 aliphatic rings. The summed E-state index contributed by atoms with van der Waals surface area (Å²) in [5, 5.41) is 0.410. The van der Waals surface area contributed by atoms with E-state index in [0.29, 0.717) is 23.0 Å². The van der Waals surface area contributed by atoms with E-state index in [1.165, 1.54) is 25.3 Å². The molecule has 3 N–H and O–H groups in total. The number of nitrogens with two attached hydrogens (primary N) is 1. The van der Waals surface area contributed by atoms with Gasteiger partial charge in [-0.05, 0) is 29.8 Å². The molecule has 0 atom stereocenters. The molecule has 0 radical (unpaired) electrons. The molecule has 5 nitrogen and oxygen atoms in total. The number of halogens is 1. The van der Waals surface area contributed by atoms with Crippen molar-refractivity contribution in [2.45, 2.75) is 11.4 Å². The fraction of sp³-hybridized carbons (Fsp3) is 0.143. The van der Waals surface area contributed by atoms with Crippen molar-refractivity contribution in [1.29, 1.82) is 0 Å². The molecular weight excluding hydrogens is 312 g/mol. The van der Waals surface area contributed by atoms with Gasteiger partial charge in [0.25, 0.3) is 10.0 Å². The molecule has 0 bridgehead atoms. The maximum Gasteiger partial charge on any atom is 0.261 e. The van der Waals surface area contributed by atoms with Gasteiger partial charge in [0, 0.05) is 12.6 Å². The van der Waals surface area contributed by atoms with Crippen molar-refractivity contribution in [1.82, 2.24) is 0 Å². The molecule has 0 amide bonds. The second-order valence-corrected chi connectivity index (χ2v) is 6.39. The van der Waals surface area contributed by atoms with Gasteiger partial charge in [0.15, 0.2) is 0 Å². The van der Waals surface area contributed by atoms with Crippen molar-refractivity contribution in [3.63, 3.8) is 0 Å². The molecule has 0 saturated carbocycles. The van der Waals surface area contributed by atoms with Crippen LogP contribution in [-0.2, 0) is 16.6 Å². The van der Waals surface area contributed by atoms with Crippen molar-refractivity contribution in [3.8, 4) is 5.75 Å². The molecule has 0 aliphatic heterocycles. The summed E-state index contributed by atoms with van der Waals surface area (Å²) in [6.07, 6.45) is 0. The van der Waals surface area contributed by atoms with Gasteiger partial charge >= 0.3 is 0 Å². The number of rotatable bonds is 5. The van der Waals surface area contributed by atoms with Crippen molar-refractivity contribution < 1.29 is 13.2 Å². The standard InChI is InChI=1S/C14H15ClN2O3S/c1-20-14-8-11(4-7-13(14)15)17-21(18,19)12-5-2-10(9-16)3-6-12/h2-8,17H,9,16H2,1H3. The van der Waals surface area contributed by atoms with E-state index in [2.05, 4.69) is 4.72 Å². The Morgan fingerprint density at radius 2 is 1.86 bits per heavy atom. The van der Waals surface area contributed by atoms with E-state index in [0.717, 1.165) is 5.56 Å². The highest BCUT2D eigenvalue weighted by atomic mass is 35.5. The molecule has 0 heterocycles. The first-order chi connectivity index (χ1) is 9.96. The average molecular weight is 327 g/mol. The van der Waals surface area contributed by atoms with Gasteiger partial charge in [0.2, 0.25) is 0 Å². The van der Waals surface area contributed by atoms with E-state index in [1.807, 2.05) is 0 Å². The van der Waals surface area contributed by atoms with Crippen LogP contribution in [0.5, 0.6) is 5.75 Å². The molecule has 2 aromatic rings. The molecular formula is C14H15ClN2O3S. The number of sulfonamides is 1. The Morgan fingerprint density at radius 3 is 2.43 bits per heavy atom. The normalized spacial score (nSPS) is 11.2. The van der Waals surface area contributed by atoms with Crippen LogP contribution in [0.4, 0.5) is 5.69 Å². The van der Waals surface area contributed by atoms with Gasteiger partial charge in [0.1, 0.15) is 5.75 Å². The topological polar surface area (TPSA) is 81.4 Å². The Kier molecular flexibility index (Phi) is 4.72. The minimum Gasteiger partial charge on any atom is -0.495 e. The molecule has 0 unspecified atom stereocenters. The maximum absolute atomic E-state index is 12.3. The lowest BCUT2D eigenvalue weighted by Gasteiger charge is -2.10. The number of methoxy groups -OCH3 is 1. The Hall–Kier alpha value is -1.76. The van der Waals surface area contributed by atoms with E-state index in [1.54, 1.807) is 24.3 Å². The quantitative estimate of drug-likeness (QED) is 0.885. The lowest BCUT2D eigenvalue weighted by Crippen LogP contribution is -2.13. The van der Waals surface area contributed by atoms with Crippen LogP contribution in [0.3, 0.4) is 0 Å². The molecule has 2 aromatic carbocycles. The van der Waals surface area contributed by atoms with E-state index in [-0.39, 0.29) is 4.90 Å². The number of hydrogen-bond acceptors (Lipinski definition) is 4. The zero-order valence-corrected chi connectivity index (χ0v) is 12.9. The summed E-state index contributed by atoms with van der Waals surface area (Å²) in [5.74, 6) is 0.398. The predicted molar refractivity (Wildman–Crippen MR) is 83.1 cm³/mol. The van der Waals surface area contributed by atoms with Gasteiger partial charge in [0.05, 0.1) is 22.7 Å². The third-order valence-corrected chi connectivity index (χ3v) is 4.58. The molecule has 0 saturated heterocycles. The summed E-state index contributed by atoms with van der Waals surface area (Å²) < 4.78 is 32.1. The molecule has 21 heavy (non-hydrogen) atoms. The fourth-order valence-corrected chi connectivity index (χ4v) is 2.99. The fourth-order valence-electron chi connectivity index (χ4n) is 1.74. The van der Waals surface area contributed by atoms with Gasteiger partial charge < -0.3 is 10.5 Å². The van der Waals surface area contributed by atoms with Crippen LogP contribution >= 0.6 is 11.6 Å². The van der Waals surface area contributed by atoms with Crippen molar-refractivity contribution >= 4 is 27.3 Å². The molecule has 0 aliphatic carbocycles. The third kappa shape index (κ3) is 3.66. The van der Waals surface area contributed by atoms with E-state index in [4.69, 9.17) is 22.1 Å². The summed E-state index contributed by atoms with van der Waals surface area (Å²) in [4.78, 5) is 0.161. The molecule has 0 aromatic heterocycles. The second-order valence-electron chi connectivity index (χ2n) is 4.30. The van der Waals surface area contributed by atoms with E-state index >= 15 is 0 Å². The van der Waals surface area contributed by atoms with Crippen LogP contribution in [0.2, 0.25) is 5.02 Å². The number of benzene rings is 2. The lowest BCUT2D eigenvalue weighted by atomic mass is 10.2. The van der Waals surface area contributed by atoms with Gasteiger partial charge in [-0.2, -0.15) is 0 Å². The van der Waals surface area contributed by atoms with Crippen LogP contribution in [0.25, 0.3) is 0 Å². The van der Waals surface area contributed by atoms with Crippen LogP contribution < -0.4 is 15.2 Å². The third-order valence-electron chi connectivity index (χ3n) is 2.87. The van der Waals surface area contributed by atoms with Gasteiger partial charge in [-0.1, -0.05) is 23.7 Å². The number of nitrogens with one attached hydrogen (secondary N) is 1. The number of anilines is 1. The first-order valence-electron chi connectivity index (χ1n) is 6.11. The SMILES string of the molecule is COc1cc(NS(=O)(=O)c2ccc(CN)cc2)ccc1Cl. The zero-order valence-electron chi connectivity index (χ0n) is 11.3. The van der Waals surface area contributed by atoms with Crippen molar-refractivity contribution in [2.75, 3.05) is 11.8 Å². The molecule has 7 heteroatoms. The summed E-state index contributed by atoms with van der Waals surface area (Å²) in [5.41, 5.74) is 6.72. The number of ether oxygens (including phenoxy) is 1. The van der Waals surface area contributed by atoms with Crippen molar-refractivity contribution in [2.24, 2.45) is 5.73 Å². The monoisotopic (exact) mass is 326 g/mol. The zero-order chi connectivity index (χ0) is 15.5.